The van der Waals surface area contributed by atoms with E-state index in [2.05, 4.69) is 16.6 Å². The Labute approximate surface area is 125 Å². The minimum Gasteiger partial charge on any atom is -0.336 e. The molecule has 1 aromatic heterocycles. The number of nitrogens with one attached hydrogen (secondary N) is 1. The van der Waals surface area contributed by atoms with Crippen LogP contribution in [0.25, 0.3) is 0 Å². The largest absolute Gasteiger partial charge is 0.336 e. The van der Waals surface area contributed by atoms with E-state index in [1.807, 2.05) is 6.92 Å². The van der Waals surface area contributed by atoms with Crippen LogP contribution < -0.4 is 4.72 Å². The van der Waals surface area contributed by atoms with Crippen molar-refractivity contribution in [3.05, 3.63) is 12.5 Å². The number of halogens is 1. The fourth-order valence-corrected chi connectivity index (χ4v) is 4.67. The molecule has 0 bridgehead atoms. The fraction of sp³-hybridized carbons (Fsp3) is 0.769. The average Bonchev–Trinajstić information content (AvgIpc) is 2.88. The number of imidazole rings is 1. The lowest BCUT2D eigenvalue weighted by atomic mass is 9.78. The highest BCUT2D eigenvalue weighted by Gasteiger charge is 2.38. The number of aryl methyl sites for hydroxylation is 1. The topological polar surface area (TPSA) is 64.0 Å². The predicted molar refractivity (Wildman–Crippen MR) is 79.3 cm³/mol. The van der Waals surface area contributed by atoms with Crippen molar-refractivity contribution >= 4 is 21.6 Å². The van der Waals surface area contributed by atoms with Crippen LogP contribution in [0.2, 0.25) is 0 Å². The Morgan fingerprint density at radius 2 is 2.35 bits per heavy atom. The Balaban J connectivity index is 2.21. The summed E-state index contributed by atoms with van der Waals surface area (Å²) in [5.74, 6) is 0.781. The summed E-state index contributed by atoms with van der Waals surface area (Å²) in [6.07, 6.45) is 6.78. The molecule has 1 aliphatic carbocycles. The van der Waals surface area contributed by atoms with E-state index in [0.717, 1.165) is 25.7 Å². The zero-order chi connectivity index (χ0) is 14.8. The Bertz CT molecular complexity index is 558. The van der Waals surface area contributed by atoms with Gasteiger partial charge in [-0.3, -0.25) is 0 Å². The zero-order valence-electron chi connectivity index (χ0n) is 12.0. The second kappa shape index (κ2) is 6.03. The van der Waals surface area contributed by atoms with Crippen molar-refractivity contribution in [3.8, 4) is 0 Å². The molecular formula is C13H22ClN3O2S. The van der Waals surface area contributed by atoms with Crippen LogP contribution in [0.15, 0.2) is 17.6 Å². The number of rotatable bonds is 5. The highest BCUT2D eigenvalue weighted by atomic mass is 35.5. The Hall–Kier alpha value is -0.590. The number of alkyl halides is 1. The van der Waals surface area contributed by atoms with Gasteiger partial charge in [-0.25, -0.2) is 18.1 Å². The first-order valence-electron chi connectivity index (χ1n) is 7.02. The molecule has 2 atom stereocenters. The van der Waals surface area contributed by atoms with Crippen molar-refractivity contribution < 1.29 is 8.42 Å². The van der Waals surface area contributed by atoms with Crippen molar-refractivity contribution in [1.82, 2.24) is 14.3 Å². The third-order valence-electron chi connectivity index (χ3n) is 3.95. The van der Waals surface area contributed by atoms with Gasteiger partial charge in [0.05, 0.1) is 6.33 Å². The van der Waals surface area contributed by atoms with Gasteiger partial charge in [0.2, 0.25) is 0 Å². The van der Waals surface area contributed by atoms with Gasteiger partial charge >= 0.3 is 0 Å². The number of sulfonamides is 1. The van der Waals surface area contributed by atoms with Gasteiger partial charge in [-0.1, -0.05) is 19.8 Å². The Morgan fingerprint density at radius 1 is 1.60 bits per heavy atom. The first-order chi connectivity index (χ1) is 9.41. The summed E-state index contributed by atoms with van der Waals surface area (Å²) < 4.78 is 29.5. The van der Waals surface area contributed by atoms with Crippen LogP contribution in [-0.2, 0) is 16.6 Å². The lowest BCUT2D eigenvalue weighted by Crippen LogP contribution is -2.52. The summed E-state index contributed by atoms with van der Waals surface area (Å²) in [6, 6.07) is 0. The van der Waals surface area contributed by atoms with Gasteiger partial charge in [-0.2, -0.15) is 0 Å². The van der Waals surface area contributed by atoms with E-state index in [1.54, 1.807) is 10.8 Å². The van der Waals surface area contributed by atoms with Crippen LogP contribution in [0.5, 0.6) is 0 Å². The molecule has 0 radical (unpaired) electrons. The third kappa shape index (κ3) is 3.35. The molecule has 1 N–H and O–H groups in total. The van der Waals surface area contributed by atoms with Crippen LogP contribution in [0.4, 0.5) is 0 Å². The Kier molecular flexibility index (Phi) is 4.76. The minimum absolute atomic E-state index is 0.0714. The van der Waals surface area contributed by atoms with Gasteiger partial charge in [-0.15, -0.1) is 11.6 Å². The molecule has 2 rings (SSSR count). The monoisotopic (exact) mass is 319 g/mol. The summed E-state index contributed by atoms with van der Waals surface area (Å²) in [6.45, 7) is 4.77. The quantitative estimate of drug-likeness (QED) is 0.847. The van der Waals surface area contributed by atoms with E-state index in [4.69, 9.17) is 11.6 Å². The molecule has 0 amide bonds. The van der Waals surface area contributed by atoms with Crippen LogP contribution in [0.1, 0.15) is 39.5 Å². The molecule has 1 aliphatic rings. The molecule has 7 heteroatoms. The molecule has 20 heavy (non-hydrogen) atoms. The smallest absolute Gasteiger partial charge is 0.260 e. The molecule has 0 spiro atoms. The second-order valence-electron chi connectivity index (χ2n) is 5.76. The Morgan fingerprint density at radius 3 is 2.90 bits per heavy atom. The zero-order valence-corrected chi connectivity index (χ0v) is 13.5. The summed E-state index contributed by atoms with van der Waals surface area (Å²) >= 11 is 6.08. The maximum absolute atomic E-state index is 12.5. The molecule has 5 nitrogen and oxygen atoms in total. The molecular weight excluding hydrogens is 298 g/mol. The summed E-state index contributed by atoms with van der Waals surface area (Å²) in [4.78, 5) is 3.98. The van der Waals surface area contributed by atoms with Crippen molar-refractivity contribution in [2.45, 2.75) is 56.6 Å². The molecule has 1 fully saturated rings. The molecule has 0 aliphatic heterocycles. The van der Waals surface area contributed by atoms with Crippen molar-refractivity contribution in [1.29, 1.82) is 0 Å². The van der Waals surface area contributed by atoms with Gasteiger partial charge < -0.3 is 4.57 Å². The van der Waals surface area contributed by atoms with Gasteiger partial charge in [-0.05, 0) is 25.7 Å². The first-order valence-corrected chi connectivity index (χ1v) is 9.04. The molecule has 1 saturated carbocycles. The molecule has 0 aromatic carbocycles. The number of hydrogen-bond acceptors (Lipinski definition) is 3. The SMILES string of the molecule is CCn1cnc(S(=O)(=O)NC2(CCl)CCCC(C)C2)c1. The van der Waals surface area contributed by atoms with Crippen LogP contribution in [-0.4, -0.2) is 29.4 Å². The third-order valence-corrected chi connectivity index (χ3v) is 5.92. The van der Waals surface area contributed by atoms with E-state index in [0.29, 0.717) is 18.3 Å². The highest BCUT2D eigenvalue weighted by molar-refractivity contribution is 7.89. The average molecular weight is 320 g/mol. The maximum atomic E-state index is 12.5. The number of aromatic nitrogens is 2. The van der Waals surface area contributed by atoms with E-state index < -0.39 is 15.6 Å². The molecule has 1 aromatic rings. The van der Waals surface area contributed by atoms with Crippen LogP contribution in [0.3, 0.4) is 0 Å². The van der Waals surface area contributed by atoms with Crippen LogP contribution in [0, 0.1) is 5.92 Å². The van der Waals surface area contributed by atoms with Crippen molar-refractivity contribution in [3.63, 3.8) is 0 Å². The van der Waals surface area contributed by atoms with Gasteiger partial charge in [0, 0.05) is 24.2 Å². The minimum atomic E-state index is -3.61. The normalized spacial score (nSPS) is 27.6. The van der Waals surface area contributed by atoms with Gasteiger partial charge in [0.15, 0.2) is 5.03 Å². The van der Waals surface area contributed by atoms with E-state index in [1.165, 1.54) is 6.33 Å². The van der Waals surface area contributed by atoms with Crippen molar-refractivity contribution in [2.75, 3.05) is 5.88 Å². The number of nitrogens with zero attached hydrogens (tertiary/aromatic N) is 2. The molecule has 1 heterocycles. The highest BCUT2D eigenvalue weighted by Crippen LogP contribution is 2.34. The molecule has 2 unspecified atom stereocenters. The van der Waals surface area contributed by atoms with Crippen molar-refractivity contribution in [2.24, 2.45) is 5.92 Å². The van der Waals surface area contributed by atoms with Gasteiger partial charge in [0.1, 0.15) is 0 Å². The summed E-state index contributed by atoms with van der Waals surface area (Å²) in [7, 11) is -3.61. The van der Waals surface area contributed by atoms with Crippen LogP contribution >= 0.6 is 11.6 Å². The lowest BCUT2D eigenvalue weighted by Gasteiger charge is -2.38. The first kappa shape index (κ1) is 15.8. The summed E-state index contributed by atoms with van der Waals surface area (Å²) in [5.41, 5.74) is -0.534. The lowest BCUT2D eigenvalue weighted by molar-refractivity contribution is 0.239. The standard InChI is InChI=1S/C13H22ClN3O2S/c1-3-17-8-12(15-10-17)20(18,19)16-13(9-14)6-4-5-11(2)7-13/h8,10-11,16H,3-7,9H2,1-2H3. The fourth-order valence-electron chi connectivity index (χ4n) is 2.89. The predicted octanol–water partition coefficient (Wildman–Crippen LogP) is 2.37. The molecule has 114 valence electrons. The van der Waals surface area contributed by atoms with E-state index >= 15 is 0 Å². The molecule has 0 saturated heterocycles. The number of hydrogen-bond donors (Lipinski definition) is 1. The van der Waals surface area contributed by atoms with E-state index in [-0.39, 0.29) is 5.03 Å². The summed E-state index contributed by atoms with van der Waals surface area (Å²) in [5, 5.41) is 0.0714. The maximum Gasteiger partial charge on any atom is 0.260 e. The van der Waals surface area contributed by atoms with E-state index in [9.17, 15) is 8.42 Å². The second-order valence-corrected chi connectivity index (χ2v) is 7.66. The van der Waals surface area contributed by atoms with Gasteiger partial charge in [0.25, 0.3) is 10.0 Å².